The number of carbonyl (C=O) groups is 1. The van der Waals surface area contributed by atoms with E-state index in [-0.39, 0.29) is 5.91 Å². The van der Waals surface area contributed by atoms with Crippen LogP contribution >= 0.6 is 23.2 Å². The fourth-order valence-corrected chi connectivity index (χ4v) is 2.54. The molecule has 1 atom stereocenters. The van der Waals surface area contributed by atoms with Crippen molar-refractivity contribution in [2.75, 3.05) is 14.1 Å². The number of carbonyl (C=O) groups excluding carboxylic acids is 1. The first kappa shape index (κ1) is 14.9. The van der Waals surface area contributed by atoms with E-state index in [1.54, 1.807) is 20.2 Å². The van der Waals surface area contributed by atoms with Crippen molar-refractivity contribution in [1.29, 1.82) is 0 Å². The van der Waals surface area contributed by atoms with Crippen molar-refractivity contribution in [2.45, 2.75) is 5.38 Å². The van der Waals surface area contributed by atoms with E-state index >= 15 is 0 Å². The zero-order chi connectivity index (χ0) is 14.7. The van der Waals surface area contributed by atoms with Gasteiger partial charge in [0, 0.05) is 24.7 Å². The summed E-state index contributed by atoms with van der Waals surface area (Å²) in [6.07, 6.45) is 0. The van der Waals surface area contributed by atoms with Gasteiger partial charge >= 0.3 is 0 Å². The number of benzene rings is 2. The Balaban J connectivity index is 2.33. The summed E-state index contributed by atoms with van der Waals surface area (Å²) in [7, 11) is 3.36. The Kier molecular flexibility index (Phi) is 4.69. The smallest absolute Gasteiger partial charge is 0.244 e. The van der Waals surface area contributed by atoms with Gasteiger partial charge < -0.3 is 4.90 Å². The second-order valence-corrected chi connectivity index (χ2v) is 5.54. The first-order valence-corrected chi connectivity index (χ1v) is 7.02. The fraction of sp³-hybridized carbons (Fsp3) is 0.188. The Morgan fingerprint density at radius 2 is 1.75 bits per heavy atom. The third-order valence-corrected chi connectivity index (χ3v) is 3.78. The molecule has 0 saturated carbocycles. The number of alkyl halides is 1. The molecule has 2 aromatic carbocycles. The summed E-state index contributed by atoms with van der Waals surface area (Å²) in [5.74, 6) is -0.157. The molecule has 0 radical (unpaired) electrons. The van der Waals surface area contributed by atoms with Gasteiger partial charge in [-0.05, 0) is 17.2 Å². The summed E-state index contributed by atoms with van der Waals surface area (Å²) < 4.78 is 0. The third kappa shape index (κ3) is 3.14. The van der Waals surface area contributed by atoms with Gasteiger partial charge in [0.15, 0.2) is 0 Å². The van der Waals surface area contributed by atoms with E-state index in [1.165, 1.54) is 4.90 Å². The second kappa shape index (κ2) is 6.29. The largest absolute Gasteiger partial charge is 0.347 e. The summed E-state index contributed by atoms with van der Waals surface area (Å²) >= 11 is 12.5. The molecule has 0 spiro atoms. The van der Waals surface area contributed by atoms with Crippen molar-refractivity contribution in [3.05, 3.63) is 59.1 Å². The molecule has 104 valence electrons. The summed E-state index contributed by atoms with van der Waals surface area (Å²) in [6.45, 7) is 0. The standard InChI is InChI=1S/C16H15Cl2NO/c1-19(2)16(20)15(18)12-8-9-13(14(17)10-12)11-6-4-3-5-7-11/h3-10,15H,1-2H3. The van der Waals surface area contributed by atoms with Crippen molar-refractivity contribution in [3.63, 3.8) is 0 Å². The lowest BCUT2D eigenvalue weighted by Crippen LogP contribution is -2.25. The van der Waals surface area contributed by atoms with Crippen LogP contribution in [0, 0.1) is 0 Å². The highest BCUT2D eigenvalue weighted by Gasteiger charge is 2.20. The molecule has 0 aliphatic heterocycles. The molecule has 0 aliphatic rings. The zero-order valence-corrected chi connectivity index (χ0v) is 12.8. The van der Waals surface area contributed by atoms with Gasteiger partial charge in [-0.25, -0.2) is 0 Å². The highest BCUT2D eigenvalue weighted by Crippen LogP contribution is 2.32. The van der Waals surface area contributed by atoms with Crippen molar-refractivity contribution >= 4 is 29.1 Å². The van der Waals surface area contributed by atoms with Crippen molar-refractivity contribution in [1.82, 2.24) is 4.90 Å². The van der Waals surface area contributed by atoms with Gasteiger partial charge in [-0.2, -0.15) is 0 Å². The van der Waals surface area contributed by atoms with Gasteiger partial charge in [-0.1, -0.05) is 54.1 Å². The van der Waals surface area contributed by atoms with Gasteiger partial charge in [-0.3, -0.25) is 4.79 Å². The lowest BCUT2D eigenvalue weighted by molar-refractivity contribution is -0.128. The minimum absolute atomic E-state index is 0.157. The average molecular weight is 308 g/mol. The van der Waals surface area contributed by atoms with Crippen LogP contribution in [-0.2, 0) is 4.79 Å². The summed E-state index contributed by atoms with van der Waals surface area (Å²) in [5, 5.41) is -0.127. The van der Waals surface area contributed by atoms with E-state index in [1.807, 2.05) is 42.5 Å². The average Bonchev–Trinajstić information content (AvgIpc) is 2.46. The molecule has 0 aliphatic carbocycles. The minimum atomic E-state index is -0.715. The molecule has 0 aromatic heterocycles. The molecular formula is C16H15Cl2NO. The van der Waals surface area contributed by atoms with Crippen LogP contribution in [0.3, 0.4) is 0 Å². The molecule has 0 bridgehead atoms. The molecule has 0 N–H and O–H groups in total. The first-order valence-electron chi connectivity index (χ1n) is 6.21. The fourth-order valence-electron chi connectivity index (χ4n) is 1.91. The summed E-state index contributed by atoms with van der Waals surface area (Å²) in [4.78, 5) is 13.3. The second-order valence-electron chi connectivity index (χ2n) is 4.70. The number of likely N-dealkylation sites (N-methyl/N-ethyl adjacent to an activating group) is 1. The van der Waals surface area contributed by atoms with Crippen molar-refractivity contribution in [2.24, 2.45) is 0 Å². The maximum Gasteiger partial charge on any atom is 0.244 e. The molecule has 0 fully saturated rings. The van der Waals surface area contributed by atoms with Crippen LogP contribution in [0.15, 0.2) is 48.5 Å². The predicted molar refractivity (Wildman–Crippen MR) is 84.2 cm³/mol. The topological polar surface area (TPSA) is 20.3 Å². The van der Waals surface area contributed by atoms with Gasteiger partial charge in [-0.15, -0.1) is 11.6 Å². The molecule has 2 aromatic rings. The van der Waals surface area contributed by atoms with Crippen LogP contribution in [0.25, 0.3) is 11.1 Å². The van der Waals surface area contributed by atoms with Crippen LogP contribution in [-0.4, -0.2) is 24.9 Å². The molecular weight excluding hydrogens is 293 g/mol. The first-order chi connectivity index (χ1) is 9.50. The Hall–Kier alpha value is -1.51. The highest BCUT2D eigenvalue weighted by molar-refractivity contribution is 6.34. The van der Waals surface area contributed by atoms with Gasteiger partial charge in [0.25, 0.3) is 0 Å². The van der Waals surface area contributed by atoms with E-state index in [0.717, 1.165) is 11.1 Å². The zero-order valence-electron chi connectivity index (χ0n) is 11.3. The monoisotopic (exact) mass is 307 g/mol. The SMILES string of the molecule is CN(C)C(=O)C(Cl)c1ccc(-c2ccccc2)c(Cl)c1. The lowest BCUT2D eigenvalue weighted by atomic mass is 10.0. The molecule has 2 nitrogen and oxygen atoms in total. The molecule has 2 rings (SSSR count). The van der Waals surface area contributed by atoms with Crippen LogP contribution in [0.5, 0.6) is 0 Å². The molecule has 1 unspecified atom stereocenters. The van der Waals surface area contributed by atoms with Crippen molar-refractivity contribution in [3.8, 4) is 11.1 Å². The minimum Gasteiger partial charge on any atom is -0.347 e. The third-order valence-electron chi connectivity index (χ3n) is 3.03. The number of hydrogen-bond donors (Lipinski definition) is 0. The number of rotatable bonds is 3. The van der Waals surface area contributed by atoms with Crippen LogP contribution in [0.2, 0.25) is 5.02 Å². The molecule has 4 heteroatoms. The lowest BCUT2D eigenvalue weighted by Gasteiger charge is -2.16. The Morgan fingerprint density at radius 1 is 1.10 bits per heavy atom. The number of halogens is 2. The Labute approximate surface area is 128 Å². The van der Waals surface area contributed by atoms with E-state index in [0.29, 0.717) is 10.6 Å². The molecule has 0 heterocycles. The van der Waals surface area contributed by atoms with E-state index < -0.39 is 5.38 Å². The van der Waals surface area contributed by atoms with Gasteiger partial charge in [0.2, 0.25) is 5.91 Å². The quantitative estimate of drug-likeness (QED) is 0.771. The predicted octanol–water partition coefficient (Wildman–Crippen LogP) is 4.38. The van der Waals surface area contributed by atoms with E-state index in [9.17, 15) is 4.79 Å². The maximum atomic E-state index is 11.9. The summed E-state index contributed by atoms with van der Waals surface area (Å²) in [5.41, 5.74) is 2.67. The molecule has 1 amide bonds. The van der Waals surface area contributed by atoms with Crippen molar-refractivity contribution < 1.29 is 4.79 Å². The summed E-state index contributed by atoms with van der Waals surface area (Å²) in [6, 6.07) is 15.3. The molecule has 0 saturated heterocycles. The Bertz CT molecular complexity index is 611. The van der Waals surface area contributed by atoms with Crippen LogP contribution < -0.4 is 0 Å². The normalized spacial score (nSPS) is 12.0. The number of nitrogens with zero attached hydrogens (tertiary/aromatic N) is 1. The van der Waals surface area contributed by atoms with E-state index in [4.69, 9.17) is 23.2 Å². The Morgan fingerprint density at radius 3 is 2.30 bits per heavy atom. The number of hydrogen-bond acceptors (Lipinski definition) is 1. The van der Waals surface area contributed by atoms with Gasteiger partial charge in [0.05, 0.1) is 0 Å². The molecule has 20 heavy (non-hydrogen) atoms. The van der Waals surface area contributed by atoms with Gasteiger partial charge in [0.1, 0.15) is 5.38 Å². The number of amides is 1. The highest BCUT2D eigenvalue weighted by atomic mass is 35.5. The maximum absolute atomic E-state index is 11.9. The van der Waals surface area contributed by atoms with E-state index in [2.05, 4.69) is 0 Å². The van der Waals surface area contributed by atoms with Crippen LogP contribution in [0.1, 0.15) is 10.9 Å². The van der Waals surface area contributed by atoms with Crippen LogP contribution in [0.4, 0.5) is 0 Å².